The summed E-state index contributed by atoms with van der Waals surface area (Å²) in [6.07, 6.45) is 1.63. The molecule has 0 atom stereocenters. The zero-order valence-electron chi connectivity index (χ0n) is 18.7. The predicted octanol–water partition coefficient (Wildman–Crippen LogP) is 2.97. The summed E-state index contributed by atoms with van der Waals surface area (Å²) in [6.45, 7) is 0.371. The van der Waals surface area contributed by atoms with Crippen molar-refractivity contribution in [2.75, 3.05) is 4.90 Å². The lowest BCUT2D eigenvalue weighted by atomic mass is 10.1. The van der Waals surface area contributed by atoms with E-state index in [0.29, 0.717) is 28.1 Å². The summed E-state index contributed by atoms with van der Waals surface area (Å²) in [6, 6.07) is 19.1. The molecule has 0 bridgehead atoms. The van der Waals surface area contributed by atoms with Crippen LogP contribution in [-0.4, -0.2) is 37.6 Å². The number of nitro groups is 1. The third kappa shape index (κ3) is 4.32. The molecule has 11 heteroatoms. The van der Waals surface area contributed by atoms with Gasteiger partial charge >= 0.3 is 0 Å². The molecule has 1 aliphatic heterocycles. The first-order chi connectivity index (χ1) is 17.4. The highest BCUT2D eigenvalue weighted by Gasteiger charge is 2.36. The van der Waals surface area contributed by atoms with Crippen LogP contribution in [0.25, 0.3) is 0 Å². The molecule has 0 fully saturated rings. The van der Waals surface area contributed by atoms with Gasteiger partial charge in [-0.3, -0.25) is 24.5 Å². The van der Waals surface area contributed by atoms with Gasteiger partial charge in [-0.1, -0.05) is 35.5 Å². The van der Waals surface area contributed by atoms with Crippen molar-refractivity contribution in [3.05, 3.63) is 117 Å². The fraction of sp³-hybridized carbons (Fsp3) is 0.0800. The molecular formula is C25H18N6O5. The highest BCUT2D eigenvalue weighted by atomic mass is 16.6. The molecule has 1 aromatic heterocycles. The minimum atomic E-state index is -0.463. The van der Waals surface area contributed by atoms with Crippen molar-refractivity contribution in [3.8, 4) is 0 Å². The van der Waals surface area contributed by atoms with Gasteiger partial charge in [0.05, 0.1) is 41.0 Å². The normalized spacial score (nSPS) is 12.5. The number of hydrogen-bond donors (Lipinski definition) is 1. The van der Waals surface area contributed by atoms with Crippen LogP contribution in [0.3, 0.4) is 0 Å². The van der Waals surface area contributed by atoms with Crippen molar-refractivity contribution in [2.45, 2.75) is 13.1 Å². The quantitative estimate of drug-likeness (QED) is 0.243. The van der Waals surface area contributed by atoms with E-state index in [1.807, 2.05) is 0 Å². The van der Waals surface area contributed by atoms with Gasteiger partial charge in [0, 0.05) is 17.7 Å². The standard InChI is InChI=1S/C25H18N6O5/c32-23(26-13-18-15-29(28-27-18)14-16-5-3-8-20(11-16)31(35)36)17-6-4-7-19(12-17)30-24(33)21-9-1-2-10-22(21)25(30)34/h1-12,15H,13-14H2,(H,26,32). The zero-order chi connectivity index (χ0) is 25.2. The SMILES string of the molecule is O=C(NCc1cn(Cc2cccc([N+](=O)[O-])c2)nn1)c1cccc(N2C(=O)c3ccccc3C2=O)c1. The summed E-state index contributed by atoms with van der Waals surface area (Å²) in [5.74, 6) is -1.29. The Morgan fingerprint density at radius 3 is 2.39 bits per heavy atom. The van der Waals surface area contributed by atoms with Gasteiger partial charge < -0.3 is 5.32 Å². The number of nitrogens with zero attached hydrogens (tertiary/aromatic N) is 5. The molecule has 0 saturated carbocycles. The highest BCUT2D eigenvalue weighted by molar-refractivity contribution is 6.34. The number of carbonyl (C=O) groups is 3. The van der Waals surface area contributed by atoms with Gasteiger partial charge in [0.15, 0.2) is 0 Å². The number of anilines is 1. The highest BCUT2D eigenvalue weighted by Crippen LogP contribution is 2.28. The van der Waals surface area contributed by atoms with Crippen molar-refractivity contribution in [3.63, 3.8) is 0 Å². The number of nitrogens with one attached hydrogen (secondary N) is 1. The molecule has 0 saturated heterocycles. The van der Waals surface area contributed by atoms with E-state index in [-0.39, 0.29) is 24.3 Å². The van der Waals surface area contributed by atoms with E-state index < -0.39 is 22.6 Å². The van der Waals surface area contributed by atoms with E-state index in [9.17, 15) is 24.5 Å². The Kier molecular flexibility index (Phi) is 5.79. The van der Waals surface area contributed by atoms with E-state index in [0.717, 1.165) is 4.90 Å². The number of imide groups is 1. The van der Waals surface area contributed by atoms with Gasteiger partial charge in [0.1, 0.15) is 5.69 Å². The van der Waals surface area contributed by atoms with Crippen molar-refractivity contribution >= 4 is 29.1 Å². The molecule has 1 aliphatic rings. The maximum atomic E-state index is 12.7. The molecule has 1 N–H and O–H groups in total. The van der Waals surface area contributed by atoms with E-state index in [1.165, 1.54) is 22.9 Å². The minimum absolute atomic E-state index is 0.0106. The van der Waals surface area contributed by atoms with Crippen LogP contribution in [-0.2, 0) is 13.1 Å². The summed E-state index contributed by atoms with van der Waals surface area (Å²) < 4.78 is 1.52. The number of amides is 3. The molecule has 0 radical (unpaired) electrons. The summed E-state index contributed by atoms with van der Waals surface area (Å²) in [7, 11) is 0. The molecule has 3 amide bonds. The van der Waals surface area contributed by atoms with Crippen LogP contribution in [0.4, 0.5) is 11.4 Å². The maximum Gasteiger partial charge on any atom is 0.269 e. The Balaban J connectivity index is 1.24. The maximum absolute atomic E-state index is 12.7. The van der Waals surface area contributed by atoms with Gasteiger partial charge in [-0.05, 0) is 35.9 Å². The molecular weight excluding hydrogens is 464 g/mol. The fourth-order valence-corrected chi connectivity index (χ4v) is 3.94. The van der Waals surface area contributed by atoms with Crippen LogP contribution >= 0.6 is 0 Å². The van der Waals surface area contributed by atoms with Crippen LogP contribution in [0.15, 0.2) is 79.0 Å². The number of benzene rings is 3. The van der Waals surface area contributed by atoms with Crippen LogP contribution in [0.5, 0.6) is 0 Å². The average molecular weight is 482 g/mol. The van der Waals surface area contributed by atoms with E-state index in [1.54, 1.807) is 60.8 Å². The number of aromatic nitrogens is 3. The van der Waals surface area contributed by atoms with Crippen molar-refractivity contribution in [1.29, 1.82) is 0 Å². The predicted molar refractivity (Wildman–Crippen MR) is 127 cm³/mol. The lowest BCUT2D eigenvalue weighted by molar-refractivity contribution is -0.384. The Morgan fingerprint density at radius 1 is 0.944 bits per heavy atom. The molecule has 0 aliphatic carbocycles. The zero-order valence-corrected chi connectivity index (χ0v) is 18.7. The molecule has 3 aromatic carbocycles. The smallest absolute Gasteiger partial charge is 0.269 e. The molecule has 11 nitrogen and oxygen atoms in total. The lowest BCUT2D eigenvalue weighted by Gasteiger charge is -2.15. The third-order valence-corrected chi connectivity index (χ3v) is 5.64. The number of hydrogen-bond acceptors (Lipinski definition) is 7. The monoisotopic (exact) mass is 482 g/mol. The topological polar surface area (TPSA) is 140 Å². The van der Waals surface area contributed by atoms with E-state index >= 15 is 0 Å². The summed E-state index contributed by atoms with van der Waals surface area (Å²) in [5.41, 5.74) is 2.39. The second kappa shape index (κ2) is 9.22. The largest absolute Gasteiger partial charge is 0.346 e. The molecule has 0 spiro atoms. The Bertz CT molecular complexity index is 1490. The number of carbonyl (C=O) groups excluding carboxylic acids is 3. The van der Waals surface area contributed by atoms with Crippen molar-refractivity contribution < 1.29 is 19.3 Å². The second-order valence-corrected chi connectivity index (χ2v) is 8.06. The first kappa shape index (κ1) is 22.6. The number of rotatable bonds is 7. The van der Waals surface area contributed by atoms with Gasteiger partial charge in [-0.15, -0.1) is 5.10 Å². The fourth-order valence-electron chi connectivity index (χ4n) is 3.94. The van der Waals surface area contributed by atoms with Crippen LogP contribution < -0.4 is 10.2 Å². The number of nitro benzene ring substituents is 1. The molecule has 2 heterocycles. The summed E-state index contributed by atoms with van der Waals surface area (Å²) in [5, 5.41) is 21.7. The van der Waals surface area contributed by atoms with Gasteiger partial charge in [0.2, 0.25) is 0 Å². The molecule has 0 unspecified atom stereocenters. The summed E-state index contributed by atoms with van der Waals surface area (Å²) >= 11 is 0. The first-order valence-corrected chi connectivity index (χ1v) is 10.9. The molecule has 4 aromatic rings. The van der Waals surface area contributed by atoms with Crippen molar-refractivity contribution in [1.82, 2.24) is 20.3 Å². The minimum Gasteiger partial charge on any atom is -0.346 e. The van der Waals surface area contributed by atoms with Crippen LogP contribution in [0, 0.1) is 10.1 Å². The Labute approximate surface area is 204 Å². The Hall–Kier alpha value is -5.19. The van der Waals surface area contributed by atoms with Gasteiger partial charge in [-0.25, -0.2) is 9.58 Å². The number of non-ortho nitro benzene ring substituents is 1. The van der Waals surface area contributed by atoms with E-state index in [2.05, 4.69) is 15.6 Å². The second-order valence-electron chi connectivity index (χ2n) is 8.06. The van der Waals surface area contributed by atoms with Gasteiger partial charge in [0.25, 0.3) is 23.4 Å². The lowest BCUT2D eigenvalue weighted by Crippen LogP contribution is -2.30. The van der Waals surface area contributed by atoms with E-state index in [4.69, 9.17) is 0 Å². The van der Waals surface area contributed by atoms with Crippen LogP contribution in [0.1, 0.15) is 42.3 Å². The molecule has 5 rings (SSSR count). The summed E-state index contributed by atoms with van der Waals surface area (Å²) in [4.78, 5) is 49.8. The van der Waals surface area contributed by atoms with Crippen LogP contribution in [0.2, 0.25) is 0 Å². The average Bonchev–Trinajstić information content (AvgIpc) is 3.44. The Morgan fingerprint density at radius 2 is 1.67 bits per heavy atom. The third-order valence-electron chi connectivity index (χ3n) is 5.64. The van der Waals surface area contributed by atoms with Gasteiger partial charge in [-0.2, -0.15) is 0 Å². The molecule has 178 valence electrons. The van der Waals surface area contributed by atoms with Crippen molar-refractivity contribution in [2.24, 2.45) is 0 Å². The number of fused-ring (bicyclic) bond motifs is 1. The first-order valence-electron chi connectivity index (χ1n) is 10.9. The molecule has 36 heavy (non-hydrogen) atoms.